The topological polar surface area (TPSA) is 50.4 Å². The molecule has 2 N–H and O–H groups in total. The maximum absolute atomic E-state index is 11.8. The van der Waals surface area contributed by atoms with Crippen molar-refractivity contribution >= 4 is 5.91 Å². The van der Waals surface area contributed by atoms with Crippen LogP contribution in [0.5, 0.6) is 0 Å². The summed E-state index contributed by atoms with van der Waals surface area (Å²) in [5.41, 5.74) is 0. The first-order valence-electron chi connectivity index (χ1n) is 7.22. The summed E-state index contributed by atoms with van der Waals surface area (Å²) in [7, 11) is 1.64. The molecule has 1 unspecified atom stereocenters. The fourth-order valence-corrected chi connectivity index (χ4v) is 2.60. The van der Waals surface area contributed by atoms with Gasteiger partial charge in [0.15, 0.2) is 0 Å². The highest BCUT2D eigenvalue weighted by Gasteiger charge is 2.41. The van der Waals surface area contributed by atoms with E-state index in [9.17, 15) is 4.79 Å². The molecule has 0 radical (unpaired) electrons. The molecule has 0 bridgehead atoms. The minimum atomic E-state index is -0.0955. The van der Waals surface area contributed by atoms with Crippen LogP contribution in [0.25, 0.3) is 0 Å². The van der Waals surface area contributed by atoms with Gasteiger partial charge in [0.2, 0.25) is 5.91 Å². The first-order valence-corrected chi connectivity index (χ1v) is 7.22. The Hall–Kier alpha value is -0.610. The van der Waals surface area contributed by atoms with Crippen LogP contribution >= 0.6 is 0 Å². The van der Waals surface area contributed by atoms with Crippen molar-refractivity contribution in [2.75, 3.05) is 26.8 Å². The van der Waals surface area contributed by atoms with Crippen LogP contribution in [0.2, 0.25) is 0 Å². The first kappa shape index (κ1) is 13.8. The van der Waals surface area contributed by atoms with E-state index in [0.717, 1.165) is 24.3 Å². The zero-order chi connectivity index (χ0) is 13.0. The molecule has 2 saturated carbocycles. The van der Waals surface area contributed by atoms with Crippen molar-refractivity contribution in [3.63, 3.8) is 0 Å². The predicted octanol–water partition coefficient (Wildman–Crippen LogP) is 1.16. The Balaban J connectivity index is 1.63. The van der Waals surface area contributed by atoms with Gasteiger partial charge in [-0.25, -0.2) is 0 Å². The lowest BCUT2D eigenvalue weighted by atomic mass is 9.97. The summed E-state index contributed by atoms with van der Waals surface area (Å²) in [6.07, 6.45) is 5.60. The lowest BCUT2D eigenvalue weighted by Crippen LogP contribution is -2.45. The van der Waals surface area contributed by atoms with Crippen molar-refractivity contribution in [2.24, 2.45) is 17.8 Å². The molecule has 2 aliphatic rings. The highest BCUT2D eigenvalue weighted by Crippen LogP contribution is 2.48. The predicted molar refractivity (Wildman–Crippen MR) is 71.3 cm³/mol. The van der Waals surface area contributed by atoms with Crippen molar-refractivity contribution < 1.29 is 9.53 Å². The smallest absolute Gasteiger partial charge is 0.236 e. The molecule has 2 fully saturated rings. The summed E-state index contributed by atoms with van der Waals surface area (Å²) in [5, 5.41) is 6.27. The van der Waals surface area contributed by atoms with Gasteiger partial charge in [-0.1, -0.05) is 0 Å². The number of carbonyl (C=O) groups is 1. The van der Waals surface area contributed by atoms with E-state index in [2.05, 4.69) is 10.6 Å². The van der Waals surface area contributed by atoms with E-state index in [-0.39, 0.29) is 11.9 Å². The average Bonchev–Trinajstić information content (AvgIpc) is 3.22. The molecular weight excluding hydrogens is 228 g/mol. The van der Waals surface area contributed by atoms with Gasteiger partial charge in [-0.05, 0) is 56.9 Å². The third kappa shape index (κ3) is 4.25. The summed E-state index contributed by atoms with van der Waals surface area (Å²) >= 11 is 0. The third-order valence-electron chi connectivity index (χ3n) is 4.11. The van der Waals surface area contributed by atoms with E-state index in [1.807, 2.05) is 6.92 Å². The van der Waals surface area contributed by atoms with Gasteiger partial charge in [0.25, 0.3) is 0 Å². The number of hydrogen-bond acceptors (Lipinski definition) is 3. The summed E-state index contributed by atoms with van der Waals surface area (Å²) in [4.78, 5) is 11.8. The molecule has 2 aliphatic carbocycles. The van der Waals surface area contributed by atoms with Crippen molar-refractivity contribution in [1.82, 2.24) is 10.6 Å². The van der Waals surface area contributed by atoms with Crippen LogP contribution in [0, 0.1) is 17.8 Å². The van der Waals surface area contributed by atoms with Gasteiger partial charge in [-0.15, -0.1) is 0 Å². The van der Waals surface area contributed by atoms with Gasteiger partial charge in [0.1, 0.15) is 0 Å². The molecule has 0 aliphatic heterocycles. The zero-order valence-corrected chi connectivity index (χ0v) is 11.6. The fraction of sp³-hybridized carbons (Fsp3) is 0.929. The average molecular weight is 254 g/mol. The quantitative estimate of drug-likeness (QED) is 0.607. The number of amides is 1. The maximum atomic E-state index is 11.8. The van der Waals surface area contributed by atoms with E-state index in [4.69, 9.17) is 4.74 Å². The van der Waals surface area contributed by atoms with Gasteiger partial charge in [-0.3, -0.25) is 4.79 Å². The van der Waals surface area contributed by atoms with E-state index in [0.29, 0.717) is 13.2 Å². The van der Waals surface area contributed by atoms with Gasteiger partial charge in [-0.2, -0.15) is 0 Å². The van der Waals surface area contributed by atoms with Gasteiger partial charge in [0, 0.05) is 13.7 Å². The van der Waals surface area contributed by atoms with Crippen LogP contribution in [0.15, 0.2) is 0 Å². The molecule has 0 saturated heterocycles. The minimum absolute atomic E-state index is 0.0809. The second kappa shape index (κ2) is 6.53. The molecule has 0 spiro atoms. The van der Waals surface area contributed by atoms with Crippen LogP contribution in [0.1, 0.15) is 32.6 Å². The lowest BCUT2D eigenvalue weighted by Gasteiger charge is -2.20. The summed E-state index contributed by atoms with van der Waals surface area (Å²) in [6, 6.07) is -0.0955. The highest BCUT2D eigenvalue weighted by atomic mass is 16.5. The van der Waals surface area contributed by atoms with Crippen molar-refractivity contribution in [3.05, 3.63) is 0 Å². The molecular formula is C14H26N2O2. The second-order valence-electron chi connectivity index (χ2n) is 5.75. The number of rotatable bonds is 9. The van der Waals surface area contributed by atoms with E-state index >= 15 is 0 Å². The number of hydrogen-bond donors (Lipinski definition) is 2. The van der Waals surface area contributed by atoms with E-state index in [1.54, 1.807) is 7.11 Å². The van der Waals surface area contributed by atoms with Gasteiger partial charge < -0.3 is 15.4 Å². The van der Waals surface area contributed by atoms with E-state index in [1.165, 1.54) is 25.7 Å². The largest absolute Gasteiger partial charge is 0.383 e. The third-order valence-corrected chi connectivity index (χ3v) is 4.11. The number of nitrogens with one attached hydrogen (secondary N) is 2. The number of methoxy groups -OCH3 is 1. The van der Waals surface area contributed by atoms with Crippen LogP contribution < -0.4 is 10.6 Å². The number of carbonyl (C=O) groups excluding carboxylic acids is 1. The van der Waals surface area contributed by atoms with Gasteiger partial charge in [0.05, 0.1) is 12.6 Å². The molecule has 1 atom stereocenters. The molecule has 18 heavy (non-hydrogen) atoms. The standard InChI is InChI=1S/C14H26N2O2/c1-10(14(17)15-7-8-18-2)16-9-13(11-3-4-11)12-5-6-12/h10-13,16H,3-9H2,1-2H3,(H,15,17). The number of ether oxygens (including phenoxy) is 1. The van der Waals surface area contributed by atoms with Crippen LogP contribution in [0.4, 0.5) is 0 Å². The maximum Gasteiger partial charge on any atom is 0.236 e. The Morgan fingerprint density at radius 1 is 1.28 bits per heavy atom. The highest BCUT2D eigenvalue weighted by molar-refractivity contribution is 5.81. The molecule has 1 amide bonds. The molecule has 0 aromatic carbocycles. The molecule has 0 heterocycles. The normalized spacial score (nSPS) is 21.1. The van der Waals surface area contributed by atoms with E-state index < -0.39 is 0 Å². The summed E-state index contributed by atoms with van der Waals surface area (Å²) in [5.74, 6) is 2.78. The zero-order valence-electron chi connectivity index (χ0n) is 11.6. The monoisotopic (exact) mass is 254 g/mol. The van der Waals surface area contributed by atoms with Crippen LogP contribution in [0.3, 0.4) is 0 Å². The molecule has 0 aromatic rings. The molecule has 4 nitrogen and oxygen atoms in total. The molecule has 0 aromatic heterocycles. The van der Waals surface area contributed by atoms with Crippen LogP contribution in [-0.2, 0) is 9.53 Å². The Kier molecular flexibility index (Phi) is 5.01. The molecule has 2 rings (SSSR count). The Morgan fingerprint density at radius 2 is 1.89 bits per heavy atom. The lowest BCUT2D eigenvalue weighted by molar-refractivity contribution is -0.123. The fourth-order valence-electron chi connectivity index (χ4n) is 2.60. The second-order valence-corrected chi connectivity index (χ2v) is 5.75. The Bertz CT molecular complexity index is 263. The molecule has 4 heteroatoms. The minimum Gasteiger partial charge on any atom is -0.383 e. The van der Waals surface area contributed by atoms with Crippen molar-refractivity contribution in [2.45, 2.75) is 38.6 Å². The Morgan fingerprint density at radius 3 is 2.39 bits per heavy atom. The van der Waals surface area contributed by atoms with Gasteiger partial charge >= 0.3 is 0 Å². The Labute approximate surface area is 110 Å². The van der Waals surface area contributed by atoms with Crippen molar-refractivity contribution in [3.8, 4) is 0 Å². The summed E-state index contributed by atoms with van der Waals surface area (Å²) in [6.45, 7) is 4.12. The first-order chi connectivity index (χ1) is 8.72. The van der Waals surface area contributed by atoms with Crippen molar-refractivity contribution in [1.29, 1.82) is 0 Å². The SMILES string of the molecule is COCCNC(=O)C(C)NCC(C1CC1)C1CC1. The van der Waals surface area contributed by atoms with Crippen LogP contribution in [-0.4, -0.2) is 38.8 Å². The summed E-state index contributed by atoms with van der Waals surface area (Å²) < 4.78 is 4.91. The molecule has 104 valence electrons.